The van der Waals surface area contributed by atoms with E-state index in [1.54, 1.807) is 14.0 Å². The Hall–Kier alpha value is -2.70. The summed E-state index contributed by atoms with van der Waals surface area (Å²) in [5.41, 5.74) is 0.654. The molecule has 0 aliphatic carbocycles. The predicted octanol–water partition coefficient (Wildman–Crippen LogP) is 2.03. The molecule has 1 aromatic carbocycles. The largest absolute Gasteiger partial charge is 0.493 e. The number of urea groups is 1. The number of hydrogen-bond donors (Lipinski definition) is 2. The molecule has 3 rings (SSSR count). The fourth-order valence-corrected chi connectivity index (χ4v) is 2.83. The minimum Gasteiger partial charge on any atom is -0.493 e. The van der Waals surface area contributed by atoms with Crippen LogP contribution in [0, 0.1) is 0 Å². The third-order valence-electron chi connectivity index (χ3n) is 4.27. The van der Waals surface area contributed by atoms with E-state index in [1.807, 2.05) is 31.2 Å². The summed E-state index contributed by atoms with van der Waals surface area (Å²) in [7, 11) is 1.59. The number of piperazine rings is 1. The van der Waals surface area contributed by atoms with Gasteiger partial charge < -0.3 is 24.7 Å². The van der Waals surface area contributed by atoms with E-state index in [9.17, 15) is 9.59 Å². The Kier molecular flexibility index (Phi) is 4.33. The lowest BCUT2D eigenvalue weighted by Gasteiger charge is -2.33. The van der Waals surface area contributed by atoms with Crippen LogP contribution in [0.25, 0.3) is 11.0 Å². The van der Waals surface area contributed by atoms with Crippen molar-refractivity contribution in [3.8, 4) is 5.75 Å². The number of rotatable bonds is 3. The molecule has 1 fully saturated rings. The van der Waals surface area contributed by atoms with Crippen LogP contribution in [0.1, 0.15) is 25.6 Å². The topological polar surface area (TPSA) is 83.8 Å². The van der Waals surface area contributed by atoms with Crippen LogP contribution in [0.5, 0.6) is 5.75 Å². The Labute approximate surface area is 139 Å². The number of benzene rings is 1. The van der Waals surface area contributed by atoms with Crippen LogP contribution in [0.4, 0.5) is 4.79 Å². The molecule has 2 aromatic rings. The maximum Gasteiger partial charge on any atom is 0.318 e. The lowest BCUT2D eigenvalue weighted by atomic mass is 10.2. The maximum atomic E-state index is 12.4. The Morgan fingerprint density at radius 3 is 3.04 bits per heavy atom. The van der Waals surface area contributed by atoms with Gasteiger partial charge in [-0.05, 0) is 26.0 Å². The first-order valence-electron chi connectivity index (χ1n) is 7.92. The molecule has 128 valence electrons. The molecule has 0 spiro atoms. The quantitative estimate of drug-likeness (QED) is 0.901. The molecule has 1 aromatic heterocycles. The number of carbonyl (C=O) groups excluding carboxylic acids is 2. The normalized spacial score (nSPS) is 19.0. The second-order valence-corrected chi connectivity index (χ2v) is 5.86. The standard InChI is InChI=1S/C17H21N3O4/c1-10(19-17(22)20-8-7-18-16(21)11(20)2)14-9-12-5-4-6-13(23-3)15(12)24-14/h4-6,9-11H,7-8H2,1-3H3,(H,18,21)(H,19,22)/t10-,11+/m1/s1. The van der Waals surface area contributed by atoms with Gasteiger partial charge in [0.1, 0.15) is 11.8 Å². The van der Waals surface area contributed by atoms with Crippen LogP contribution < -0.4 is 15.4 Å². The number of methoxy groups -OCH3 is 1. The third-order valence-corrected chi connectivity index (χ3v) is 4.27. The van der Waals surface area contributed by atoms with Crippen molar-refractivity contribution >= 4 is 22.9 Å². The van der Waals surface area contributed by atoms with Crippen molar-refractivity contribution in [1.82, 2.24) is 15.5 Å². The molecule has 1 aliphatic heterocycles. The van der Waals surface area contributed by atoms with Gasteiger partial charge in [-0.3, -0.25) is 4.79 Å². The molecule has 0 bridgehead atoms. The molecule has 2 atom stereocenters. The molecule has 0 unspecified atom stereocenters. The number of amides is 3. The lowest BCUT2D eigenvalue weighted by molar-refractivity contribution is -0.126. The van der Waals surface area contributed by atoms with Crippen LogP contribution >= 0.6 is 0 Å². The molecule has 7 heteroatoms. The van der Waals surface area contributed by atoms with Crippen LogP contribution in [0.3, 0.4) is 0 Å². The van der Waals surface area contributed by atoms with Crippen molar-refractivity contribution in [1.29, 1.82) is 0 Å². The van der Waals surface area contributed by atoms with Crippen LogP contribution in [0.15, 0.2) is 28.7 Å². The molecule has 2 heterocycles. The predicted molar refractivity (Wildman–Crippen MR) is 88.9 cm³/mol. The summed E-state index contributed by atoms with van der Waals surface area (Å²) in [5, 5.41) is 6.54. The highest BCUT2D eigenvalue weighted by molar-refractivity contribution is 5.88. The number of carbonyl (C=O) groups is 2. The smallest absolute Gasteiger partial charge is 0.318 e. The minimum atomic E-state index is -0.485. The van der Waals surface area contributed by atoms with E-state index >= 15 is 0 Å². The van der Waals surface area contributed by atoms with Crippen molar-refractivity contribution in [3.63, 3.8) is 0 Å². The number of para-hydroxylation sites is 1. The number of nitrogens with zero attached hydrogens (tertiary/aromatic N) is 1. The molecular formula is C17H21N3O4. The number of fused-ring (bicyclic) bond motifs is 1. The molecule has 2 N–H and O–H groups in total. The highest BCUT2D eigenvalue weighted by Crippen LogP contribution is 2.30. The van der Waals surface area contributed by atoms with E-state index in [0.29, 0.717) is 30.2 Å². The monoisotopic (exact) mass is 331 g/mol. The van der Waals surface area contributed by atoms with Gasteiger partial charge in [0.05, 0.1) is 13.2 Å². The second-order valence-electron chi connectivity index (χ2n) is 5.86. The average Bonchev–Trinajstić information content (AvgIpc) is 3.01. The van der Waals surface area contributed by atoms with Crippen molar-refractivity contribution < 1.29 is 18.7 Å². The number of nitrogens with one attached hydrogen (secondary N) is 2. The summed E-state index contributed by atoms with van der Waals surface area (Å²) in [6.07, 6.45) is 0. The Morgan fingerprint density at radius 2 is 2.29 bits per heavy atom. The van der Waals surface area contributed by atoms with Crippen molar-refractivity contribution in [2.24, 2.45) is 0 Å². The van der Waals surface area contributed by atoms with Gasteiger partial charge >= 0.3 is 6.03 Å². The SMILES string of the molecule is COc1cccc2cc([C@@H](C)NC(=O)N3CCNC(=O)[C@@H]3C)oc12. The Balaban J connectivity index is 1.76. The van der Waals surface area contributed by atoms with Gasteiger partial charge in [0.15, 0.2) is 11.3 Å². The van der Waals surface area contributed by atoms with Gasteiger partial charge in [-0.25, -0.2) is 4.79 Å². The van der Waals surface area contributed by atoms with Crippen molar-refractivity contribution in [2.75, 3.05) is 20.2 Å². The molecule has 7 nitrogen and oxygen atoms in total. The summed E-state index contributed by atoms with van der Waals surface area (Å²) in [4.78, 5) is 25.7. The zero-order chi connectivity index (χ0) is 17.3. The second kappa shape index (κ2) is 6.43. The molecule has 1 saturated heterocycles. The Morgan fingerprint density at radius 1 is 1.50 bits per heavy atom. The highest BCUT2D eigenvalue weighted by atomic mass is 16.5. The van der Waals surface area contributed by atoms with Gasteiger partial charge in [-0.15, -0.1) is 0 Å². The van der Waals surface area contributed by atoms with Gasteiger partial charge in [0.25, 0.3) is 0 Å². The van der Waals surface area contributed by atoms with E-state index in [1.165, 1.54) is 4.90 Å². The first-order chi connectivity index (χ1) is 11.5. The van der Waals surface area contributed by atoms with Gasteiger partial charge in [0, 0.05) is 18.5 Å². The first-order valence-corrected chi connectivity index (χ1v) is 7.92. The van der Waals surface area contributed by atoms with Gasteiger partial charge in [0.2, 0.25) is 5.91 Å². The van der Waals surface area contributed by atoms with E-state index in [2.05, 4.69) is 10.6 Å². The zero-order valence-electron chi connectivity index (χ0n) is 14.0. The molecule has 24 heavy (non-hydrogen) atoms. The number of furan rings is 1. The number of ether oxygens (including phenoxy) is 1. The molecular weight excluding hydrogens is 310 g/mol. The van der Waals surface area contributed by atoms with Crippen LogP contribution in [-0.2, 0) is 4.79 Å². The number of hydrogen-bond acceptors (Lipinski definition) is 4. The third kappa shape index (κ3) is 2.89. The fourth-order valence-electron chi connectivity index (χ4n) is 2.83. The summed E-state index contributed by atoms with van der Waals surface area (Å²) in [6, 6.07) is 6.43. The average molecular weight is 331 g/mol. The van der Waals surface area contributed by atoms with Crippen molar-refractivity contribution in [2.45, 2.75) is 25.9 Å². The van der Waals surface area contributed by atoms with Crippen molar-refractivity contribution in [3.05, 3.63) is 30.0 Å². The molecule has 3 amide bonds. The molecule has 1 aliphatic rings. The summed E-state index contributed by atoms with van der Waals surface area (Å²) in [6.45, 7) is 4.51. The Bertz CT molecular complexity index is 770. The van der Waals surface area contributed by atoms with E-state index in [-0.39, 0.29) is 18.0 Å². The van der Waals surface area contributed by atoms with Gasteiger partial charge in [-0.1, -0.05) is 12.1 Å². The lowest BCUT2D eigenvalue weighted by Crippen LogP contribution is -2.58. The van der Waals surface area contributed by atoms with Gasteiger partial charge in [-0.2, -0.15) is 0 Å². The van der Waals surface area contributed by atoms with Crippen LogP contribution in [-0.4, -0.2) is 43.1 Å². The van der Waals surface area contributed by atoms with E-state index < -0.39 is 6.04 Å². The van der Waals surface area contributed by atoms with Crippen LogP contribution in [0.2, 0.25) is 0 Å². The van der Waals surface area contributed by atoms with E-state index in [0.717, 1.165) is 5.39 Å². The zero-order valence-corrected chi connectivity index (χ0v) is 14.0. The molecule has 0 radical (unpaired) electrons. The maximum absolute atomic E-state index is 12.4. The minimum absolute atomic E-state index is 0.141. The summed E-state index contributed by atoms with van der Waals surface area (Å²) < 4.78 is 11.1. The van der Waals surface area contributed by atoms with E-state index in [4.69, 9.17) is 9.15 Å². The summed E-state index contributed by atoms with van der Waals surface area (Å²) in [5.74, 6) is 1.15. The highest BCUT2D eigenvalue weighted by Gasteiger charge is 2.30. The fraction of sp³-hybridized carbons (Fsp3) is 0.412. The summed E-state index contributed by atoms with van der Waals surface area (Å²) >= 11 is 0. The first kappa shape index (κ1) is 16.2. The molecule has 0 saturated carbocycles.